The number of morpholine rings is 1. The third-order valence-electron chi connectivity index (χ3n) is 5.45. The summed E-state index contributed by atoms with van der Waals surface area (Å²) in [5.41, 5.74) is 0.680. The number of amides is 1. The highest BCUT2D eigenvalue weighted by atomic mass is 16.5. The molecule has 2 fully saturated rings. The van der Waals surface area contributed by atoms with Gasteiger partial charge in [0.15, 0.2) is 0 Å². The van der Waals surface area contributed by atoms with Crippen LogP contribution in [0.5, 0.6) is 0 Å². The fraction of sp³-hybridized carbons (Fsp3) is 0.714. The minimum Gasteiger partial charge on any atom is -0.375 e. The number of ether oxygens (including phenoxy) is 1. The smallest absolute Gasteiger partial charge is 0.251 e. The van der Waals surface area contributed by atoms with Crippen LogP contribution in [0, 0.1) is 11.8 Å². The molecule has 1 aromatic rings. The van der Waals surface area contributed by atoms with E-state index in [1.165, 1.54) is 19.5 Å². The average Bonchev–Trinajstić information content (AvgIpc) is 2.64. The van der Waals surface area contributed by atoms with Crippen molar-refractivity contribution in [3.05, 3.63) is 23.9 Å². The van der Waals surface area contributed by atoms with E-state index in [-0.39, 0.29) is 12.0 Å². The Hall–Kier alpha value is -1.66. The van der Waals surface area contributed by atoms with Gasteiger partial charge in [-0.2, -0.15) is 0 Å². The van der Waals surface area contributed by atoms with Crippen LogP contribution in [0.15, 0.2) is 18.3 Å². The monoisotopic (exact) mass is 374 g/mol. The van der Waals surface area contributed by atoms with Crippen LogP contribution in [0.25, 0.3) is 0 Å². The lowest BCUT2D eigenvalue weighted by Crippen LogP contribution is -2.41. The zero-order chi connectivity index (χ0) is 19.2. The molecule has 0 bridgehead atoms. The topological polar surface area (TPSA) is 57.7 Å². The van der Waals surface area contributed by atoms with E-state index in [1.54, 1.807) is 12.3 Å². The largest absolute Gasteiger partial charge is 0.375 e. The molecule has 1 amide bonds. The highest BCUT2D eigenvalue weighted by molar-refractivity contribution is 5.94. The zero-order valence-corrected chi connectivity index (χ0v) is 17.0. The van der Waals surface area contributed by atoms with Gasteiger partial charge in [-0.25, -0.2) is 4.98 Å². The molecule has 2 aliphatic heterocycles. The van der Waals surface area contributed by atoms with Crippen molar-refractivity contribution in [3.8, 4) is 0 Å². The fourth-order valence-corrected chi connectivity index (χ4v) is 4.34. The molecule has 0 unspecified atom stereocenters. The predicted molar refractivity (Wildman–Crippen MR) is 108 cm³/mol. The minimum atomic E-state index is -0.0136. The summed E-state index contributed by atoms with van der Waals surface area (Å²) in [6, 6.07) is 3.68. The normalized spacial score (nSPS) is 26.8. The van der Waals surface area contributed by atoms with Crippen LogP contribution in [0.4, 0.5) is 5.82 Å². The quantitative estimate of drug-likeness (QED) is 0.775. The maximum atomic E-state index is 12.5. The van der Waals surface area contributed by atoms with Crippen molar-refractivity contribution in [2.45, 2.75) is 39.7 Å². The number of piperidine rings is 1. The van der Waals surface area contributed by atoms with Gasteiger partial charge in [0.1, 0.15) is 5.82 Å². The molecule has 1 N–H and O–H groups in total. The number of carbonyl (C=O) groups is 1. The average molecular weight is 375 g/mol. The summed E-state index contributed by atoms with van der Waals surface area (Å²) in [5, 5.41) is 3.06. The summed E-state index contributed by atoms with van der Waals surface area (Å²) in [6.07, 6.45) is 4.24. The SMILES string of the molecule is C[C@@H]1C[C@H](C)CN(CCCNC(=O)c2ccnc(N3CCO[C@H](C)C3)c2)C1. The van der Waals surface area contributed by atoms with Gasteiger partial charge in [0.25, 0.3) is 5.91 Å². The number of nitrogens with zero attached hydrogens (tertiary/aromatic N) is 3. The van der Waals surface area contributed by atoms with Crippen LogP contribution in [0.1, 0.15) is 44.0 Å². The second-order valence-electron chi connectivity index (χ2n) is 8.35. The third kappa shape index (κ3) is 5.91. The van der Waals surface area contributed by atoms with Gasteiger partial charge in [-0.15, -0.1) is 0 Å². The Kier molecular flexibility index (Phi) is 7.07. The second-order valence-corrected chi connectivity index (χ2v) is 8.35. The van der Waals surface area contributed by atoms with E-state index < -0.39 is 0 Å². The Morgan fingerprint density at radius 1 is 1.26 bits per heavy atom. The summed E-state index contributed by atoms with van der Waals surface area (Å²) >= 11 is 0. The summed E-state index contributed by atoms with van der Waals surface area (Å²) in [7, 11) is 0. The van der Waals surface area contributed by atoms with E-state index in [9.17, 15) is 4.79 Å². The minimum absolute atomic E-state index is 0.0136. The first-order valence-electron chi connectivity index (χ1n) is 10.3. The molecule has 6 nitrogen and oxygen atoms in total. The Labute approximate surface area is 163 Å². The molecule has 0 saturated carbocycles. The molecule has 0 aromatic carbocycles. The van der Waals surface area contributed by atoms with Gasteiger partial charge in [0, 0.05) is 44.5 Å². The summed E-state index contributed by atoms with van der Waals surface area (Å²) < 4.78 is 5.58. The number of hydrogen-bond acceptors (Lipinski definition) is 5. The Morgan fingerprint density at radius 3 is 2.78 bits per heavy atom. The van der Waals surface area contributed by atoms with E-state index in [0.29, 0.717) is 18.7 Å². The fourth-order valence-electron chi connectivity index (χ4n) is 4.34. The highest BCUT2D eigenvalue weighted by Gasteiger charge is 2.21. The molecule has 150 valence electrons. The number of pyridine rings is 1. The first kappa shape index (κ1) is 20.1. The molecule has 0 spiro atoms. The molecule has 3 rings (SSSR count). The number of hydrogen-bond donors (Lipinski definition) is 1. The Morgan fingerprint density at radius 2 is 2.04 bits per heavy atom. The van der Waals surface area contributed by atoms with Gasteiger partial charge in [-0.1, -0.05) is 13.8 Å². The Bertz CT molecular complexity index is 614. The van der Waals surface area contributed by atoms with Crippen molar-refractivity contribution in [2.24, 2.45) is 11.8 Å². The lowest BCUT2D eigenvalue weighted by atomic mass is 9.92. The van der Waals surface area contributed by atoms with Crippen LogP contribution >= 0.6 is 0 Å². The molecule has 27 heavy (non-hydrogen) atoms. The standard InChI is InChI=1S/C21H34N4O2/c1-16-11-17(2)14-24(13-16)8-4-6-23-21(26)19-5-7-22-20(12-19)25-9-10-27-18(3)15-25/h5,7,12,16-18H,4,6,8-11,13-15H2,1-3H3,(H,23,26)/t16-,17+,18-/m1/s1. The van der Waals surface area contributed by atoms with Crippen molar-refractivity contribution < 1.29 is 9.53 Å². The number of carbonyl (C=O) groups excluding carboxylic acids is 1. The van der Waals surface area contributed by atoms with Crippen LogP contribution < -0.4 is 10.2 Å². The number of likely N-dealkylation sites (tertiary alicyclic amines) is 1. The number of nitrogens with one attached hydrogen (secondary N) is 1. The van der Waals surface area contributed by atoms with Gasteiger partial charge >= 0.3 is 0 Å². The van der Waals surface area contributed by atoms with Gasteiger partial charge in [0.05, 0.1) is 12.7 Å². The van der Waals surface area contributed by atoms with E-state index in [1.807, 2.05) is 6.07 Å². The molecule has 3 atom stereocenters. The number of rotatable bonds is 6. The molecule has 1 aromatic heterocycles. The molecule has 0 radical (unpaired) electrons. The molecular weight excluding hydrogens is 340 g/mol. The van der Waals surface area contributed by atoms with E-state index in [2.05, 4.69) is 40.9 Å². The van der Waals surface area contributed by atoms with Crippen LogP contribution in [0.3, 0.4) is 0 Å². The molecule has 2 saturated heterocycles. The summed E-state index contributed by atoms with van der Waals surface area (Å²) in [6.45, 7) is 13.2. The van der Waals surface area contributed by atoms with E-state index >= 15 is 0 Å². The Balaban J connectivity index is 1.45. The van der Waals surface area contributed by atoms with Gasteiger partial charge < -0.3 is 19.9 Å². The molecule has 0 aliphatic carbocycles. The second kappa shape index (κ2) is 9.51. The summed E-state index contributed by atoms with van der Waals surface area (Å²) in [5.74, 6) is 2.40. The first-order valence-corrected chi connectivity index (χ1v) is 10.3. The maximum Gasteiger partial charge on any atom is 0.251 e. The number of aromatic nitrogens is 1. The molecule has 3 heterocycles. The third-order valence-corrected chi connectivity index (χ3v) is 5.45. The maximum absolute atomic E-state index is 12.5. The van der Waals surface area contributed by atoms with Crippen molar-refractivity contribution in [1.82, 2.24) is 15.2 Å². The molecule has 2 aliphatic rings. The van der Waals surface area contributed by atoms with Crippen LogP contribution in [0.2, 0.25) is 0 Å². The van der Waals surface area contributed by atoms with Crippen LogP contribution in [-0.2, 0) is 4.74 Å². The van der Waals surface area contributed by atoms with Gasteiger partial charge in [0.2, 0.25) is 0 Å². The van der Waals surface area contributed by atoms with Gasteiger partial charge in [-0.05, 0) is 50.3 Å². The van der Waals surface area contributed by atoms with Gasteiger partial charge in [-0.3, -0.25) is 4.79 Å². The van der Waals surface area contributed by atoms with Crippen molar-refractivity contribution in [1.29, 1.82) is 0 Å². The molecule has 6 heteroatoms. The number of anilines is 1. The van der Waals surface area contributed by atoms with Crippen molar-refractivity contribution in [3.63, 3.8) is 0 Å². The highest BCUT2D eigenvalue weighted by Crippen LogP contribution is 2.21. The van der Waals surface area contributed by atoms with Crippen molar-refractivity contribution in [2.75, 3.05) is 50.8 Å². The van der Waals surface area contributed by atoms with E-state index in [0.717, 1.165) is 43.7 Å². The molecular formula is C21H34N4O2. The van der Waals surface area contributed by atoms with E-state index in [4.69, 9.17) is 4.74 Å². The lowest BCUT2D eigenvalue weighted by Gasteiger charge is -2.34. The predicted octanol–water partition coefficient (Wildman–Crippen LogP) is 2.40. The van der Waals surface area contributed by atoms with Crippen molar-refractivity contribution >= 4 is 11.7 Å². The van der Waals surface area contributed by atoms with Crippen LogP contribution in [-0.4, -0.2) is 67.8 Å². The zero-order valence-electron chi connectivity index (χ0n) is 17.0. The summed E-state index contributed by atoms with van der Waals surface area (Å²) in [4.78, 5) is 21.7. The lowest BCUT2D eigenvalue weighted by molar-refractivity contribution is 0.0529. The first-order chi connectivity index (χ1) is 13.0.